The number of ketones is 1. The van der Waals surface area contributed by atoms with Gasteiger partial charge in [-0.2, -0.15) is 0 Å². The SMILES string of the molecule is [N-]=[N+]=NCCCCCC(=O)NCCOc1cc(C(=O)CCCCCCC(=O)O)cc(C(=O)NCCCCCC(=O)O)c1. The zero-order valence-corrected chi connectivity index (χ0v) is 24.1. The first-order chi connectivity index (χ1) is 20.2. The molecule has 0 unspecified atom stereocenters. The molecule has 0 fully saturated rings. The number of azide groups is 1. The van der Waals surface area contributed by atoms with Crippen LogP contribution in [0.25, 0.3) is 10.4 Å². The molecule has 0 atom stereocenters. The molecule has 0 heterocycles. The number of carboxylic acids is 2. The van der Waals surface area contributed by atoms with E-state index < -0.39 is 11.9 Å². The van der Waals surface area contributed by atoms with Crippen molar-refractivity contribution >= 4 is 29.5 Å². The van der Waals surface area contributed by atoms with E-state index in [9.17, 15) is 24.0 Å². The van der Waals surface area contributed by atoms with Crippen molar-refractivity contribution in [3.63, 3.8) is 0 Å². The number of carbonyl (C=O) groups is 5. The van der Waals surface area contributed by atoms with E-state index in [1.54, 1.807) is 6.07 Å². The maximum atomic E-state index is 12.9. The van der Waals surface area contributed by atoms with Gasteiger partial charge in [0, 0.05) is 54.8 Å². The van der Waals surface area contributed by atoms with Crippen molar-refractivity contribution < 1.29 is 38.9 Å². The molecule has 0 aliphatic rings. The summed E-state index contributed by atoms with van der Waals surface area (Å²) in [5.74, 6) is -2.04. The standard InChI is InChI=1S/C29H43N5O8/c30-34-33-16-10-3-6-12-26(36)31-17-18-42-24-20-22(25(35)11-5-1-2-7-13-27(37)38)19-23(21-24)29(41)32-15-9-4-8-14-28(39)40/h19-21H,1-18H2,(H,31,36)(H,32,41)(H,37,38)(H,39,40). The molecule has 0 aliphatic heterocycles. The average molecular weight is 590 g/mol. The number of carboxylic acid groups (broad SMARTS) is 2. The third-order valence-corrected chi connectivity index (χ3v) is 6.31. The Bertz CT molecular complexity index is 1020. The van der Waals surface area contributed by atoms with Crippen molar-refractivity contribution in [2.75, 3.05) is 26.2 Å². The summed E-state index contributed by atoms with van der Waals surface area (Å²) in [5, 5.41) is 26.5. The van der Waals surface area contributed by atoms with Crippen molar-refractivity contribution in [2.45, 2.75) is 89.9 Å². The van der Waals surface area contributed by atoms with Crippen molar-refractivity contribution in [3.05, 3.63) is 39.8 Å². The molecule has 13 nitrogen and oxygen atoms in total. The fourth-order valence-electron chi connectivity index (χ4n) is 4.05. The molecule has 2 amide bonds. The summed E-state index contributed by atoms with van der Waals surface area (Å²) in [6, 6.07) is 4.62. The van der Waals surface area contributed by atoms with Gasteiger partial charge in [-0.1, -0.05) is 30.8 Å². The van der Waals surface area contributed by atoms with E-state index in [0.717, 1.165) is 19.3 Å². The normalized spacial score (nSPS) is 10.4. The predicted octanol–water partition coefficient (Wildman–Crippen LogP) is 5.04. The lowest BCUT2D eigenvalue weighted by molar-refractivity contribution is -0.138. The van der Waals surface area contributed by atoms with Gasteiger partial charge in [0.2, 0.25) is 5.91 Å². The van der Waals surface area contributed by atoms with Crippen LogP contribution in [0.5, 0.6) is 5.75 Å². The summed E-state index contributed by atoms with van der Waals surface area (Å²) in [7, 11) is 0. The first-order valence-corrected chi connectivity index (χ1v) is 14.5. The van der Waals surface area contributed by atoms with E-state index >= 15 is 0 Å². The minimum atomic E-state index is -0.855. The van der Waals surface area contributed by atoms with Gasteiger partial charge < -0.3 is 25.6 Å². The van der Waals surface area contributed by atoms with Crippen LogP contribution in [0, 0.1) is 0 Å². The van der Waals surface area contributed by atoms with Crippen molar-refractivity contribution in [2.24, 2.45) is 5.11 Å². The summed E-state index contributed by atoms with van der Waals surface area (Å²) in [4.78, 5) is 61.7. The second-order valence-corrected chi connectivity index (χ2v) is 9.90. The smallest absolute Gasteiger partial charge is 0.303 e. The van der Waals surface area contributed by atoms with Gasteiger partial charge in [0.15, 0.2) is 5.78 Å². The number of Topliss-reactive ketones (excluding diaryl/α,β-unsaturated/α-hetero) is 1. The number of ether oxygens (including phenoxy) is 1. The molecule has 0 radical (unpaired) electrons. The van der Waals surface area contributed by atoms with Crippen LogP contribution in [0.15, 0.2) is 23.3 Å². The van der Waals surface area contributed by atoms with Gasteiger partial charge in [0.1, 0.15) is 12.4 Å². The highest BCUT2D eigenvalue weighted by molar-refractivity contribution is 6.01. The number of hydrogen-bond donors (Lipinski definition) is 4. The van der Waals surface area contributed by atoms with E-state index in [4.69, 9.17) is 20.5 Å². The third kappa shape index (κ3) is 18.3. The molecule has 0 saturated heterocycles. The first kappa shape index (κ1) is 35.9. The quantitative estimate of drug-likeness (QED) is 0.0398. The van der Waals surface area contributed by atoms with Crippen LogP contribution in [0.4, 0.5) is 0 Å². The highest BCUT2D eigenvalue weighted by Gasteiger charge is 2.14. The molecule has 13 heteroatoms. The topological polar surface area (TPSA) is 208 Å². The third-order valence-electron chi connectivity index (χ3n) is 6.31. The molecule has 42 heavy (non-hydrogen) atoms. The number of nitrogens with one attached hydrogen (secondary N) is 2. The summed E-state index contributed by atoms with van der Waals surface area (Å²) >= 11 is 0. The maximum absolute atomic E-state index is 12.9. The predicted molar refractivity (Wildman–Crippen MR) is 156 cm³/mol. The lowest BCUT2D eigenvalue weighted by Crippen LogP contribution is -2.28. The number of nitrogens with zero attached hydrogens (tertiary/aromatic N) is 3. The summed E-state index contributed by atoms with van der Waals surface area (Å²) < 4.78 is 5.76. The van der Waals surface area contributed by atoms with Crippen molar-refractivity contribution in [1.29, 1.82) is 0 Å². The molecular formula is C29H43N5O8. The van der Waals surface area contributed by atoms with E-state index in [1.807, 2.05) is 0 Å². The molecular weight excluding hydrogens is 546 g/mol. The Kier molecular flexibility index (Phi) is 19.3. The summed E-state index contributed by atoms with van der Waals surface area (Å²) in [5.41, 5.74) is 8.85. The molecule has 0 saturated carbocycles. The molecule has 0 bridgehead atoms. The lowest BCUT2D eigenvalue weighted by atomic mass is 10.0. The molecule has 0 aliphatic carbocycles. The number of benzene rings is 1. The highest BCUT2D eigenvalue weighted by Crippen LogP contribution is 2.20. The molecule has 4 N–H and O–H groups in total. The van der Waals surface area contributed by atoms with Crippen LogP contribution in [-0.2, 0) is 14.4 Å². The Morgan fingerprint density at radius 2 is 1.31 bits per heavy atom. The van der Waals surface area contributed by atoms with Gasteiger partial charge in [0.25, 0.3) is 5.91 Å². The molecule has 232 valence electrons. The maximum Gasteiger partial charge on any atom is 0.303 e. The Morgan fingerprint density at radius 3 is 1.98 bits per heavy atom. The lowest BCUT2D eigenvalue weighted by Gasteiger charge is -2.12. The van der Waals surface area contributed by atoms with Crippen molar-refractivity contribution in [1.82, 2.24) is 10.6 Å². The monoisotopic (exact) mass is 589 g/mol. The van der Waals surface area contributed by atoms with E-state index in [2.05, 4.69) is 20.7 Å². The largest absolute Gasteiger partial charge is 0.492 e. The van der Waals surface area contributed by atoms with Crippen LogP contribution < -0.4 is 15.4 Å². The van der Waals surface area contributed by atoms with Crippen LogP contribution in [0.1, 0.15) is 111 Å². The molecule has 1 aromatic rings. The fraction of sp³-hybridized carbons (Fsp3) is 0.621. The highest BCUT2D eigenvalue weighted by atomic mass is 16.5. The summed E-state index contributed by atoms with van der Waals surface area (Å²) in [6.45, 7) is 1.15. The number of aliphatic carboxylic acids is 2. The van der Waals surface area contributed by atoms with Gasteiger partial charge in [-0.25, -0.2) is 0 Å². The van der Waals surface area contributed by atoms with Crippen LogP contribution >= 0.6 is 0 Å². The number of carbonyl (C=O) groups excluding carboxylic acids is 3. The average Bonchev–Trinajstić information content (AvgIpc) is 2.95. The number of rotatable bonds is 25. The second kappa shape index (κ2) is 22.6. The molecule has 0 spiro atoms. The number of hydrogen-bond acceptors (Lipinski definition) is 7. The van der Waals surface area contributed by atoms with Gasteiger partial charge in [-0.3, -0.25) is 24.0 Å². The second-order valence-electron chi connectivity index (χ2n) is 9.90. The zero-order chi connectivity index (χ0) is 31.0. The van der Waals surface area contributed by atoms with Crippen LogP contribution in [0.2, 0.25) is 0 Å². The molecule has 1 rings (SSSR count). The summed E-state index contributed by atoms with van der Waals surface area (Å²) in [6.07, 6.45) is 7.35. The van der Waals surface area contributed by atoms with Gasteiger partial charge in [-0.05, 0) is 62.3 Å². The van der Waals surface area contributed by atoms with Crippen LogP contribution in [0.3, 0.4) is 0 Å². The Hall–Kier alpha value is -4.12. The van der Waals surface area contributed by atoms with Gasteiger partial charge >= 0.3 is 11.9 Å². The fourth-order valence-corrected chi connectivity index (χ4v) is 4.05. The Labute approximate surface area is 246 Å². The number of amides is 2. The number of unbranched alkanes of at least 4 members (excludes halogenated alkanes) is 7. The van der Waals surface area contributed by atoms with Gasteiger partial charge in [-0.15, -0.1) is 0 Å². The zero-order valence-electron chi connectivity index (χ0n) is 24.1. The van der Waals surface area contributed by atoms with E-state index in [0.29, 0.717) is 75.8 Å². The van der Waals surface area contributed by atoms with Crippen molar-refractivity contribution in [3.8, 4) is 5.75 Å². The van der Waals surface area contributed by atoms with Gasteiger partial charge in [0.05, 0.1) is 6.54 Å². The Morgan fingerprint density at radius 1 is 0.714 bits per heavy atom. The molecule has 1 aromatic carbocycles. The van der Waals surface area contributed by atoms with E-state index in [-0.39, 0.29) is 55.6 Å². The molecule has 0 aromatic heterocycles. The first-order valence-electron chi connectivity index (χ1n) is 14.5. The van der Waals surface area contributed by atoms with Crippen LogP contribution in [-0.4, -0.2) is 66.0 Å². The van der Waals surface area contributed by atoms with E-state index in [1.165, 1.54) is 12.1 Å². The minimum Gasteiger partial charge on any atom is -0.492 e. The Balaban J connectivity index is 2.66. The minimum absolute atomic E-state index is 0.0810.